The van der Waals surface area contributed by atoms with Crippen LogP contribution in [0, 0.1) is 11.3 Å². The molecule has 1 heterocycles. The summed E-state index contributed by atoms with van der Waals surface area (Å²) in [5.41, 5.74) is 2.44. The maximum absolute atomic E-state index is 9.78. The quantitative estimate of drug-likeness (QED) is 0.782. The molecule has 1 aromatic heterocycles. The highest BCUT2D eigenvalue weighted by Gasteiger charge is 2.11. The van der Waals surface area contributed by atoms with Crippen LogP contribution < -0.4 is 0 Å². The van der Waals surface area contributed by atoms with Gasteiger partial charge >= 0.3 is 0 Å². The van der Waals surface area contributed by atoms with Gasteiger partial charge in [0.25, 0.3) is 0 Å². The third-order valence-electron chi connectivity index (χ3n) is 2.59. The van der Waals surface area contributed by atoms with Gasteiger partial charge in [-0.15, -0.1) is 0 Å². The molecule has 2 rings (SSSR count). The summed E-state index contributed by atoms with van der Waals surface area (Å²) in [5, 5.41) is 19.5. The largest absolute Gasteiger partial charge is 0.388 e. The number of aromatic amines is 1. The van der Waals surface area contributed by atoms with E-state index >= 15 is 0 Å². The van der Waals surface area contributed by atoms with Crippen molar-refractivity contribution in [2.45, 2.75) is 19.4 Å². The van der Waals surface area contributed by atoms with Crippen LogP contribution in [0.3, 0.4) is 0 Å². The number of hydrogen-bond acceptors (Lipinski definition) is 2. The van der Waals surface area contributed by atoms with E-state index in [-0.39, 0.29) is 0 Å². The smallest absolute Gasteiger partial charge is 0.0991 e. The minimum absolute atomic E-state index is 0.465. The normalized spacial score (nSPS) is 12.6. The molecule has 3 heteroatoms. The van der Waals surface area contributed by atoms with Gasteiger partial charge in [0.15, 0.2) is 0 Å². The van der Waals surface area contributed by atoms with E-state index < -0.39 is 6.10 Å². The van der Waals surface area contributed by atoms with Crippen LogP contribution in [0.1, 0.15) is 30.6 Å². The average molecular weight is 200 g/mol. The Balaban J connectivity index is 2.62. The fraction of sp³-hybridized carbons (Fsp3) is 0.250. The predicted molar refractivity (Wildman–Crippen MR) is 58.3 cm³/mol. The summed E-state index contributed by atoms with van der Waals surface area (Å²) < 4.78 is 0. The topological polar surface area (TPSA) is 59.8 Å². The molecule has 1 aromatic carbocycles. The fourth-order valence-electron chi connectivity index (χ4n) is 1.71. The Labute approximate surface area is 88.0 Å². The van der Waals surface area contributed by atoms with Crippen LogP contribution in [-0.2, 0) is 0 Å². The molecular formula is C12H12N2O. The second-order valence-corrected chi connectivity index (χ2v) is 3.54. The van der Waals surface area contributed by atoms with E-state index in [0.29, 0.717) is 12.0 Å². The molecule has 0 radical (unpaired) electrons. The monoisotopic (exact) mass is 200 g/mol. The first-order valence-corrected chi connectivity index (χ1v) is 4.95. The lowest BCUT2D eigenvalue weighted by atomic mass is 10.0. The molecule has 0 spiro atoms. The lowest BCUT2D eigenvalue weighted by Crippen LogP contribution is -1.93. The van der Waals surface area contributed by atoms with E-state index in [1.54, 1.807) is 18.3 Å². The van der Waals surface area contributed by atoms with Gasteiger partial charge in [0.2, 0.25) is 0 Å². The van der Waals surface area contributed by atoms with Crippen molar-refractivity contribution >= 4 is 10.9 Å². The minimum Gasteiger partial charge on any atom is -0.388 e. The van der Waals surface area contributed by atoms with E-state index in [0.717, 1.165) is 16.5 Å². The number of nitrogens with zero attached hydrogens (tertiary/aromatic N) is 1. The highest BCUT2D eigenvalue weighted by Crippen LogP contribution is 2.26. The van der Waals surface area contributed by atoms with E-state index in [1.165, 1.54) is 0 Å². The Bertz CT molecular complexity index is 522. The van der Waals surface area contributed by atoms with Crippen LogP contribution >= 0.6 is 0 Å². The van der Waals surface area contributed by atoms with Crippen LogP contribution in [0.2, 0.25) is 0 Å². The van der Waals surface area contributed by atoms with Gasteiger partial charge in [-0.05, 0) is 24.6 Å². The lowest BCUT2D eigenvalue weighted by Gasteiger charge is -2.05. The van der Waals surface area contributed by atoms with Crippen molar-refractivity contribution in [2.24, 2.45) is 0 Å². The molecule has 0 bridgehead atoms. The maximum atomic E-state index is 9.78. The molecule has 0 saturated heterocycles. The number of hydrogen-bond donors (Lipinski definition) is 2. The zero-order chi connectivity index (χ0) is 10.8. The maximum Gasteiger partial charge on any atom is 0.0991 e. The fourth-order valence-corrected chi connectivity index (χ4v) is 1.71. The van der Waals surface area contributed by atoms with Crippen molar-refractivity contribution < 1.29 is 5.11 Å². The molecule has 0 amide bonds. The summed E-state index contributed by atoms with van der Waals surface area (Å²) in [4.78, 5) is 3.09. The molecule has 0 saturated carbocycles. The Morgan fingerprint density at radius 2 is 2.33 bits per heavy atom. The van der Waals surface area contributed by atoms with Crippen LogP contribution in [0.4, 0.5) is 0 Å². The molecule has 2 N–H and O–H groups in total. The third-order valence-corrected chi connectivity index (χ3v) is 2.59. The van der Waals surface area contributed by atoms with Gasteiger partial charge in [-0.25, -0.2) is 0 Å². The Morgan fingerprint density at radius 1 is 1.53 bits per heavy atom. The highest BCUT2D eigenvalue weighted by atomic mass is 16.3. The van der Waals surface area contributed by atoms with Gasteiger partial charge in [-0.3, -0.25) is 0 Å². The summed E-state index contributed by atoms with van der Waals surface area (Å²) in [5.74, 6) is 0. The van der Waals surface area contributed by atoms with Gasteiger partial charge in [0, 0.05) is 22.7 Å². The third kappa shape index (κ3) is 1.60. The van der Waals surface area contributed by atoms with Crippen molar-refractivity contribution in [3.63, 3.8) is 0 Å². The number of benzene rings is 1. The zero-order valence-corrected chi connectivity index (χ0v) is 8.49. The predicted octanol–water partition coefficient (Wildman–Crippen LogP) is 2.48. The number of aromatic nitrogens is 1. The zero-order valence-electron chi connectivity index (χ0n) is 8.49. The van der Waals surface area contributed by atoms with E-state index in [9.17, 15) is 5.11 Å². The number of nitrogens with one attached hydrogen (secondary N) is 1. The number of rotatable bonds is 2. The summed E-state index contributed by atoms with van der Waals surface area (Å²) in [6.07, 6.45) is 2.01. The van der Waals surface area contributed by atoms with Gasteiger partial charge in [-0.1, -0.05) is 6.92 Å². The van der Waals surface area contributed by atoms with Crippen LogP contribution in [0.5, 0.6) is 0 Å². The second kappa shape index (κ2) is 3.76. The van der Waals surface area contributed by atoms with Crippen molar-refractivity contribution in [3.05, 3.63) is 35.5 Å². The van der Waals surface area contributed by atoms with E-state index in [2.05, 4.69) is 11.1 Å². The van der Waals surface area contributed by atoms with Crippen LogP contribution in [0.25, 0.3) is 10.9 Å². The molecule has 0 fully saturated rings. The van der Waals surface area contributed by atoms with Gasteiger partial charge in [0.05, 0.1) is 17.7 Å². The molecule has 1 atom stereocenters. The summed E-state index contributed by atoms with van der Waals surface area (Å²) in [6, 6.07) is 7.53. The first kappa shape index (κ1) is 9.75. The van der Waals surface area contributed by atoms with Gasteiger partial charge in [0.1, 0.15) is 0 Å². The van der Waals surface area contributed by atoms with E-state index in [1.807, 2.05) is 13.0 Å². The molecule has 2 aromatic rings. The van der Waals surface area contributed by atoms with Crippen LogP contribution in [-0.4, -0.2) is 10.1 Å². The molecule has 15 heavy (non-hydrogen) atoms. The number of nitriles is 1. The standard InChI is InChI=1S/C12H12N2O/c1-2-12(15)10-7-14-11-4-3-8(6-13)5-9(10)11/h3-5,7,12,14-15H,2H2,1H3/t12-/m1/s1. The first-order chi connectivity index (χ1) is 7.26. The summed E-state index contributed by atoms with van der Waals surface area (Å²) in [7, 11) is 0. The number of aliphatic hydroxyl groups is 1. The van der Waals surface area contributed by atoms with E-state index in [4.69, 9.17) is 5.26 Å². The second-order valence-electron chi connectivity index (χ2n) is 3.54. The molecule has 0 aliphatic heterocycles. The lowest BCUT2D eigenvalue weighted by molar-refractivity contribution is 0.175. The highest BCUT2D eigenvalue weighted by molar-refractivity contribution is 5.84. The molecular weight excluding hydrogens is 188 g/mol. The molecule has 0 aliphatic rings. The van der Waals surface area contributed by atoms with Gasteiger partial charge < -0.3 is 10.1 Å². The Morgan fingerprint density at radius 3 is 3.00 bits per heavy atom. The number of aliphatic hydroxyl groups excluding tert-OH is 1. The van der Waals surface area contributed by atoms with Crippen molar-refractivity contribution in [1.82, 2.24) is 4.98 Å². The first-order valence-electron chi connectivity index (χ1n) is 4.95. The van der Waals surface area contributed by atoms with Crippen LogP contribution in [0.15, 0.2) is 24.4 Å². The Kier molecular flexibility index (Phi) is 2.44. The van der Waals surface area contributed by atoms with Crippen molar-refractivity contribution in [1.29, 1.82) is 5.26 Å². The summed E-state index contributed by atoms with van der Waals surface area (Å²) in [6.45, 7) is 1.93. The summed E-state index contributed by atoms with van der Waals surface area (Å²) >= 11 is 0. The molecule has 0 aliphatic carbocycles. The number of fused-ring (bicyclic) bond motifs is 1. The molecule has 3 nitrogen and oxygen atoms in total. The van der Waals surface area contributed by atoms with Gasteiger partial charge in [-0.2, -0.15) is 5.26 Å². The minimum atomic E-state index is -0.465. The van der Waals surface area contributed by atoms with Crippen molar-refractivity contribution in [2.75, 3.05) is 0 Å². The Hall–Kier alpha value is -1.79. The molecule has 76 valence electrons. The molecule has 0 unspecified atom stereocenters. The SMILES string of the molecule is CC[C@@H](O)c1c[nH]c2ccc(C#N)cc12. The van der Waals surface area contributed by atoms with Crippen molar-refractivity contribution in [3.8, 4) is 6.07 Å². The number of H-pyrrole nitrogens is 1. The average Bonchev–Trinajstić information content (AvgIpc) is 2.70.